The second-order valence-corrected chi connectivity index (χ2v) is 4.60. The predicted octanol–water partition coefficient (Wildman–Crippen LogP) is 2.74. The summed E-state index contributed by atoms with van der Waals surface area (Å²) < 4.78 is 5.08. The summed E-state index contributed by atoms with van der Waals surface area (Å²) in [6.45, 7) is 4.01. The Morgan fingerprint density at radius 3 is 2.68 bits per heavy atom. The minimum atomic E-state index is -0.169. The maximum Gasteiger partial charge on any atom is 0.278 e. The van der Waals surface area contributed by atoms with Crippen LogP contribution in [0.25, 0.3) is 0 Å². The third-order valence-electron chi connectivity index (χ3n) is 3.39. The lowest BCUT2D eigenvalue weighted by Gasteiger charge is -2.28. The van der Waals surface area contributed by atoms with Crippen molar-refractivity contribution in [3.8, 4) is 5.75 Å². The monoisotopic (exact) mass is 260 g/mol. The van der Waals surface area contributed by atoms with Crippen LogP contribution in [0.1, 0.15) is 36.5 Å². The van der Waals surface area contributed by atoms with Crippen molar-refractivity contribution in [1.29, 1.82) is 0 Å². The van der Waals surface area contributed by atoms with Crippen molar-refractivity contribution in [2.24, 2.45) is 4.99 Å². The zero-order valence-electron chi connectivity index (χ0n) is 11.6. The highest BCUT2D eigenvalue weighted by Crippen LogP contribution is 2.15. The van der Waals surface area contributed by atoms with Crippen molar-refractivity contribution in [3.05, 3.63) is 29.8 Å². The number of nitrogens with zero attached hydrogens (tertiary/aromatic N) is 2. The summed E-state index contributed by atoms with van der Waals surface area (Å²) in [5.41, 5.74) is 0.606. The fourth-order valence-electron chi connectivity index (χ4n) is 2.26. The first-order chi connectivity index (χ1) is 9.24. The van der Waals surface area contributed by atoms with Crippen LogP contribution in [0.4, 0.5) is 0 Å². The number of carbonyl (C=O) groups is 1. The molecule has 0 N–H and O–H groups in total. The number of likely N-dealkylation sites (tertiary alicyclic amines) is 1. The number of methoxy groups -OCH3 is 1. The summed E-state index contributed by atoms with van der Waals surface area (Å²) >= 11 is 0. The van der Waals surface area contributed by atoms with Crippen LogP contribution in [0.2, 0.25) is 0 Å². The highest BCUT2D eigenvalue weighted by molar-refractivity contribution is 6.03. The van der Waals surface area contributed by atoms with Crippen LogP contribution in [0, 0.1) is 0 Å². The van der Waals surface area contributed by atoms with E-state index >= 15 is 0 Å². The molecule has 0 aromatic heterocycles. The summed E-state index contributed by atoms with van der Waals surface area (Å²) in [4.78, 5) is 18.6. The summed E-state index contributed by atoms with van der Waals surface area (Å²) in [6.07, 6.45) is 3.20. The second-order valence-electron chi connectivity index (χ2n) is 4.60. The minimum Gasteiger partial charge on any atom is -0.497 e. The van der Waals surface area contributed by atoms with Gasteiger partial charge in [-0.2, -0.15) is 4.99 Å². The van der Waals surface area contributed by atoms with Crippen LogP contribution in [0.3, 0.4) is 0 Å². The van der Waals surface area contributed by atoms with E-state index in [1.165, 1.54) is 6.42 Å². The smallest absolute Gasteiger partial charge is 0.278 e. The van der Waals surface area contributed by atoms with Crippen molar-refractivity contribution in [2.75, 3.05) is 20.2 Å². The van der Waals surface area contributed by atoms with Crippen molar-refractivity contribution in [3.63, 3.8) is 0 Å². The summed E-state index contributed by atoms with van der Waals surface area (Å²) in [7, 11) is 1.61. The van der Waals surface area contributed by atoms with Crippen LogP contribution in [-0.4, -0.2) is 36.8 Å². The van der Waals surface area contributed by atoms with Gasteiger partial charge in [0.15, 0.2) is 0 Å². The van der Waals surface area contributed by atoms with Gasteiger partial charge in [-0.3, -0.25) is 4.79 Å². The molecule has 0 radical (unpaired) electrons. The molecule has 1 aromatic carbocycles. The molecule has 0 spiro atoms. The maximum atomic E-state index is 12.1. The number of aliphatic imine (C=N–C) groups is 1. The molecular formula is C15H20N2O2. The van der Waals surface area contributed by atoms with E-state index in [4.69, 9.17) is 4.74 Å². The molecule has 102 valence electrons. The van der Waals surface area contributed by atoms with Gasteiger partial charge in [0.1, 0.15) is 11.6 Å². The SMILES string of the molecule is CCN1CCCCC1=NC(=O)c1ccc(OC)cc1. The molecule has 0 aliphatic carbocycles. The predicted molar refractivity (Wildman–Crippen MR) is 75.9 cm³/mol. The molecule has 1 heterocycles. The number of piperidine rings is 1. The maximum absolute atomic E-state index is 12.1. The van der Waals surface area contributed by atoms with E-state index in [1.807, 2.05) is 0 Å². The zero-order valence-corrected chi connectivity index (χ0v) is 11.6. The Labute approximate surface area is 114 Å². The van der Waals surface area contributed by atoms with E-state index in [0.717, 1.165) is 37.5 Å². The van der Waals surface area contributed by atoms with Crippen molar-refractivity contribution >= 4 is 11.7 Å². The van der Waals surface area contributed by atoms with Crippen molar-refractivity contribution in [1.82, 2.24) is 4.90 Å². The number of amides is 1. The van der Waals surface area contributed by atoms with Gasteiger partial charge in [-0.1, -0.05) is 0 Å². The van der Waals surface area contributed by atoms with E-state index in [9.17, 15) is 4.79 Å². The first kappa shape index (κ1) is 13.6. The van der Waals surface area contributed by atoms with Crippen LogP contribution in [0.5, 0.6) is 5.75 Å². The Bertz CT molecular complexity index is 466. The van der Waals surface area contributed by atoms with Crippen LogP contribution in [0.15, 0.2) is 29.3 Å². The molecular weight excluding hydrogens is 240 g/mol. The topological polar surface area (TPSA) is 41.9 Å². The Kier molecular flexibility index (Phi) is 4.55. The number of ether oxygens (including phenoxy) is 1. The molecule has 0 saturated carbocycles. The summed E-state index contributed by atoms with van der Waals surface area (Å²) in [5.74, 6) is 1.50. The average Bonchev–Trinajstić information content (AvgIpc) is 2.48. The van der Waals surface area contributed by atoms with Gasteiger partial charge >= 0.3 is 0 Å². The zero-order chi connectivity index (χ0) is 13.7. The lowest BCUT2D eigenvalue weighted by Crippen LogP contribution is -2.35. The van der Waals surface area contributed by atoms with E-state index in [0.29, 0.717) is 5.56 Å². The molecule has 0 bridgehead atoms. The molecule has 0 atom stereocenters. The average molecular weight is 260 g/mol. The number of hydrogen-bond donors (Lipinski definition) is 0. The van der Waals surface area contributed by atoms with Gasteiger partial charge < -0.3 is 9.64 Å². The molecule has 2 rings (SSSR count). The Morgan fingerprint density at radius 1 is 1.32 bits per heavy atom. The van der Waals surface area contributed by atoms with Gasteiger partial charge in [0.25, 0.3) is 5.91 Å². The first-order valence-corrected chi connectivity index (χ1v) is 6.75. The highest BCUT2D eigenvalue weighted by atomic mass is 16.5. The van der Waals surface area contributed by atoms with E-state index in [-0.39, 0.29) is 5.91 Å². The van der Waals surface area contributed by atoms with Crippen LogP contribution < -0.4 is 4.74 Å². The molecule has 19 heavy (non-hydrogen) atoms. The minimum absolute atomic E-state index is 0.169. The third kappa shape index (κ3) is 3.34. The van der Waals surface area contributed by atoms with Gasteiger partial charge in [-0.25, -0.2) is 0 Å². The largest absolute Gasteiger partial charge is 0.497 e. The van der Waals surface area contributed by atoms with Crippen LogP contribution in [-0.2, 0) is 0 Å². The van der Waals surface area contributed by atoms with E-state index < -0.39 is 0 Å². The molecule has 4 heteroatoms. The molecule has 1 aliphatic rings. The van der Waals surface area contributed by atoms with Gasteiger partial charge in [-0.05, 0) is 44.0 Å². The molecule has 4 nitrogen and oxygen atoms in total. The fraction of sp³-hybridized carbons (Fsp3) is 0.467. The van der Waals surface area contributed by atoms with Crippen LogP contribution >= 0.6 is 0 Å². The summed E-state index contributed by atoms with van der Waals surface area (Å²) in [5, 5.41) is 0. The van der Waals surface area contributed by atoms with E-state index in [2.05, 4.69) is 16.8 Å². The highest BCUT2D eigenvalue weighted by Gasteiger charge is 2.16. The normalized spacial score (nSPS) is 17.6. The quantitative estimate of drug-likeness (QED) is 0.839. The third-order valence-corrected chi connectivity index (χ3v) is 3.39. The first-order valence-electron chi connectivity index (χ1n) is 6.75. The van der Waals surface area contributed by atoms with Gasteiger partial charge in [0.2, 0.25) is 0 Å². The lowest BCUT2D eigenvalue weighted by molar-refractivity contribution is 0.100. The van der Waals surface area contributed by atoms with Crippen molar-refractivity contribution in [2.45, 2.75) is 26.2 Å². The molecule has 1 aromatic rings. The van der Waals surface area contributed by atoms with Crippen molar-refractivity contribution < 1.29 is 9.53 Å². The van der Waals surface area contributed by atoms with Gasteiger partial charge in [-0.15, -0.1) is 0 Å². The standard InChI is InChI=1S/C15H20N2O2/c1-3-17-11-5-4-6-14(17)16-15(18)12-7-9-13(19-2)10-8-12/h7-10H,3-6,11H2,1-2H3. The number of carbonyl (C=O) groups excluding carboxylic acids is 1. The molecule has 1 aliphatic heterocycles. The Morgan fingerprint density at radius 2 is 2.05 bits per heavy atom. The molecule has 1 fully saturated rings. The molecule has 0 unspecified atom stereocenters. The van der Waals surface area contributed by atoms with Gasteiger partial charge in [0.05, 0.1) is 7.11 Å². The molecule has 1 saturated heterocycles. The second kappa shape index (κ2) is 6.36. The number of amidine groups is 1. The summed E-state index contributed by atoms with van der Waals surface area (Å²) in [6, 6.07) is 7.08. The van der Waals surface area contributed by atoms with E-state index in [1.54, 1.807) is 31.4 Å². The number of benzene rings is 1. The lowest BCUT2D eigenvalue weighted by atomic mass is 10.1. The Hall–Kier alpha value is -1.84. The molecule has 1 amide bonds. The number of hydrogen-bond acceptors (Lipinski definition) is 2. The van der Waals surface area contributed by atoms with Gasteiger partial charge in [0, 0.05) is 25.1 Å². The fourth-order valence-corrected chi connectivity index (χ4v) is 2.26. The number of rotatable bonds is 3. The Balaban J connectivity index is 2.13.